The molecule has 1 saturated heterocycles. The molecule has 29 heavy (non-hydrogen) atoms. The number of aromatic nitrogens is 3. The van der Waals surface area contributed by atoms with Crippen molar-refractivity contribution < 1.29 is 0 Å². The Morgan fingerprint density at radius 2 is 1.90 bits per heavy atom. The minimum absolute atomic E-state index is 0. The van der Waals surface area contributed by atoms with Crippen LogP contribution in [0.2, 0.25) is 0 Å². The summed E-state index contributed by atoms with van der Waals surface area (Å²) in [7, 11) is 1.81. The van der Waals surface area contributed by atoms with Crippen LogP contribution in [0.3, 0.4) is 0 Å². The van der Waals surface area contributed by atoms with Gasteiger partial charge in [-0.2, -0.15) is 0 Å². The molecule has 2 N–H and O–H groups in total. The van der Waals surface area contributed by atoms with Crippen LogP contribution in [-0.2, 0) is 6.54 Å². The van der Waals surface area contributed by atoms with E-state index >= 15 is 0 Å². The summed E-state index contributed by atoms with van der Waals surface area (Å²) in [5.74, 6) is 2.63. The number of piperidine rings is 1. The van der Waals surface area contributed by atoms with Crippen molar-refractivity contribution in [3.63, 3.8) is 0 Å². The molecule has 0 aliphatic carbocycles. The third-order valence-corrected chi connectivity index (χ3v) is 5.47. The first-order chi connectivity index (χ1) is 13.5. The molecular formula is C21H34IN7. The quantitative estimate of drug-likeness (QED) is 0.355. The van der Waals surface area contributed by atoms with Gasteiger partial charge in [0.1, 0.15) is 11.6 Å². The SMILES string of the molecule is CN=C(NCc1ccc(-n2ccnc2C)nc1)NCC(C)(C)N1CCCCC1.I. The Bertz CT molecular complexity index is 777. The molecule has 0 unspecified atom stereocenters. The molecular weight excluding hydrogens is 477 g/mol. The van der Waals surface area contributed by atoms with Gasteiger partial charge in [-0.1, -0.05) is 12.5 Å². The van der Waals surface area contributed by atoms with E-state index in [1.54, 1.807) is 6.20 Å². The van der Waals surface area contributed by atoms with Crippen LogP contribution in [0.15, 0.2) is 35.7 Å². The van der Waals surface area contributed by atoms with Gasteiger partial charge in [0.25, 0.3) is 0 Å². The lowest BCUT2D eigenvalue weighted by atomic mass is 9.98. The number of nitrogens with zero attached hydrogens (tertiary/aromatic N) is 5. The highest BCUT2D eigenvalue weighted by molar-refractivity contribution is 14.0. The van der Waals surface area contributed by atoms with E-state index in [-0.39, 0.29) is 29.5 Å². The highest BCUT2D eigenvalue weighted by atomic mass is 127. The Labute approximate surface area is 191 Å². The molecule has 0 atom stereocenters. The molecule has 0 amide bonds. The van der Waals surface area contributed by atoms with Crippen molar-refractivity contribution in [3.05, 3.63) is 42.1 Å². The molecule has 160 valence electrons. The van der Waals surface area contributed by atoms with Crippen molar-refractivity contribution in [3.8, 4) is 5.82 Å². The second kappa shape index (κ2) is 10.9. The minimum atomic E-state index is 0. The van der Waals surface area contributed by atoms with Crippen LogP contribution in [0.1, 0.15) is 44.5 Å². The van der Waals surface area contributed by atoms with Gasteiger partial charge in [0.2, 0.25) is 0 Å². The fourth-order valence-electron chi connectivity index (χ4n) is 3.60. The normalized spacial score (nSPS) is 15.7. The predicted molar refractivity (Wildman–Crippen MR) is 129 cm³/mol. The number of halogens is 1. The summed E-state index contributed by atoms with van der Waals surface area (Å²) in [5.41, 5.74) is 1.23. The minimum Gasteiger partial charge on any atom is -0.355 e. The topological polar surface area (TPSA) is 70.4 Å². The lowest BCUT2D eigenvalue weighted by molar-refractivity contribution is 0.0982. The third-order valence-electron chi connectivity index (χ3n) is 5.47. The molecule has 8 heteroatoms. The molecule has 7 nitrogen and oxygen atoms in total. The maximum absolute atomic E-state index is 4.55. The Morgan fingerprint density at radius 1 is 1.14 bits per heavy atom. The zero-order valence-electron chi connectivity index (χ0n) is 18.0. The Kier molecular flexibility index (Phi) is 8.88. The first kappa shape index (κ1) is 23.6. The van der Waals surface area contributed by atoms with Crippen molar-refractivity contribution in [1.29, 1.82) is 0 Å². The van der Waals surface area contributed by atoms with Crippen molar-refractivity contribution in [2.75, 3.05) is 26.7 Å². The lowest BCUT2D eigenvalue weighted by Gasteiger charge is -2.41. The van der Waals surface area contributed by atoms with Gasteiger partial charge >= 0.3 is 0 Å². The summed E-state index contributed by atoms with van der Waals surface area (Å²) in [4.78, 5) is 15.7. The highest BCUT2D eigenvalue weighted by Gasteiger charge is 2.27. The van der Waals surface area contributed by atoms with Crippen molar-refractivity contribution in [2.45, 2.75) is 52.1 Å². The van der Waals surface area contributed by atoms with E-state index in [4.69, 9.17) is 0 Å². The number of pyridine rings is 1. The second-order valence-corrected chi connectivity index (χ2v) is 8.01. The molecule has 0 spiro atoms. The number of hydrogen-bond acceptors (Lipinski definition) is 4. The van der Waals surface area contributed by atoms with Gasteiger partial charge in [0, 0.05) is 44.3 Å². The van der Waals surface area contributed by atoms with E-state index in [2.05, 4.69) is 50.4 Å². The highest BCUT2D eigenvalue weighted by Crippen LogP contribution is 2.19. The van der Waals surface area contributed by atoms with Gasteiger partial charge < -0.3 is 10.6 Å². The maximum Gasteiger partial charge on any atom is 0.191 e. The molecule has 2 aromatic rings. The van der Waals surface area contributed by atoms with Gasteiger partial charge in [-0.25, -0.2) is 9.97 Å². The van der Waals surface area contributed by atoms with Gasteiger partial charge in [-0.15, -0.1) is 24.0 Å². The molecule has 0 bridgehead atoms. The first-order valence-corrected chi connectivity index (χ1v) is 10.1. The Morgan fingerprint density at radius 3 is 2.48 bits per heavy atom. The Balaban J connectivity index is 0.00000300. The van der Waals surface area contributed by atoms with Crippen LogP contribution in [0.25, 0.3) is 5.82 Å². The fraction of sp³-hybridized carbons (Fsp3) is 0.571. The smallest absolute Gasteiger partial charge is 0.191 e. The molecule has 3 heterocycles. The van der Waals surface area contributed by atoms with E-state index in [0.717, 1.165) is 29.7 Å². The predicted octanol–water partition coefficient (Wildman–Crippen LogP) is 3.12. The van der Waals surface area contributed by atoms with Gasteiger partial charge in [0.15, 0.2) is 5.96 Å². The van der Waals surface area contributed by atoms with E-state index in [9.17, 15) is 0 Å². The summed E-state index contributed by atoms with van der Waals surface area (Å²) in [6.45, 7) is 10.5. The number of nitrogens with one attached hydrogen (secondary N) is 2. The summed E-state index contributed by atoms with van der Waals surface area (Å²) >= 11 is 0. The van der Waals surface area contributed by atoms with Crippen LogP contribution in [-0.4, -0.2) is 57.6 Å². The zero-order chi connectivity index (χ0) is 20.0. The average molecular weight is 511 g/mol. The molecule has 0 saturated carbocycles. The molecule has 1 aliphatic heterocycles. The van der Waals surface area contributed by atoms with Crippen LogP contribution in [0, 0.1) is 6.92 Å². The first-order valence-electron chi connectivity index (χ1n) is 10.1. The standard InChI is InChI=1S/C21H33N7.HI/c1-17-23-10-13-28(17)19-9-8-18(14-24-19)15-25-20(22-4)26-16-21(2,3)27-11-6-5-7-12-27;/h8-10,13-14H,5-7,11-12,15-16H2,1-4H3,(H2,22,25,26);1H. The van der Waals surface area contributed by atoms with Crippen molar-refractivity contribution in [2.24, 2.45) is 4.99 Å². The monoisotopic (exact) mass is 511 g/mol. The van der Waals surface area contributed by atoms with Gasteiger partial charge in [-0.3, -0.25) is 14.5 Å². The molecule has 0 aromatic carbocycles. The third kappa shape index (κ3) is 6.40. The molecule has 3 rings (SSSR count). The summed E-state index contributed by atoms with van der Waals surface area (Å²) in [6, 6.07) is 4.10. The number of hydrogen-bond donors (Lipinski definition) is 2. The number of aryl methyl sites for hydroxylation is 1. The number of rotatable bonds is 6. The van der Waals surface area contributed by atoms with E-state index in [0.29, 0.717) is 6.54 Å². The maximum atomic E-state index is 4.55. The van der Waals surface area contributed by atoms with Crippen LogP contribution in [0.5, 0.6) is 0 Å². The Hall–Kier alpha value is -1.68. The van der Waals surface area contributed by atoms with E-state index in [1.807, 2.05) is 37.0 Å². The average Bonchev–Trinajstić information content (AvgIpc) is 3.15. The van der Waals surface area contributed by atoms with Crippen molar-refractivity contribution >= 4 is 29.9 Å². The largest absolute Gasteiger partial charge is 0.355 e. The lowest BCUT2D eigenvalue weighted by Crippen LogP contribution is -2.54. The zero-order valence-corrected chi connectivity index (χ0v) is 20.3. The van der Waals surface area contributed by atoms with E-state index < -0.39 is 0 Å². The summed E-state index contributed by atoms with van der Waals surface area (Å²) in [6.07, 6.45) is 9.57. The molecule has 0 radical (unpaired) electrons. The van der Waals surface area contributed by atoms with Crippen LogP contribution >= 0.6 is 24.0 Å². The van der Waals surface area contributed by atoms with E-state index in [1.165, 1.54) is 32.4 Å². The van der Waals surface area contributed by atoms with Crippen LogP contribution < -0.4 is 10.6 Å². The fourth-order valence-corrected chi connectivity index (χ4v) is 3.60. The van der Waals surface area contributed by atoms with Crippen LogP contribution in [0.4, 0.5) is 0 Å². The van der Waals surface area contributed by atoms with Gasteiger partial charge in [-0.05, 0) is 58.3 Å². The summed E-state index contributed by atoms with van der Waals surface area (Å²) < 4.78 is 1.97. The van der Waals surface area contributed by atoms with Crippen molar-refractivity contribution in [1.82, 2.24) is 30.1 Å². The second-order valence-electron chi connectivity index (χ2n) is 8.01. The number of aliphatic imine (C=N–C) groups is 1. The number of guanidine groups is 1. The molecule has 1 fully saturated rings. The van der Waals surface area contributed by atoms with Gasteiger partial charge in [0.05, 0.1) is 0 Å². The molecule has 1 aliphatic rings. The summed E-state index contributed by atoms with van der Waals surface area (Å²) in [5, 5.41) is 6.87. The molecule has 2 aromatic heterocycles. The number of imidazole rings is 1. The number of likely N-dealkylation sites (tertiary alicyclic amines) is 1.